The number of para-hydroxylation sites is 1. The number of aromatic nitrogens is 2. The molecule has 0 aliphatic heterocycles. The predicted octanol–water partition coefficient (Wildman–Crippen LogP) is 4.79. The zero-order valence-corrected chi connectivity index (χ0v) is 14.9. The van der Waals surface area contributed by atoms with Gasteiger partial charge in [-0.15, -0.1) is 0 Å². The summed E-state index contributed by atoms with van der Waals surface area (Å²) in [4.78, 5) is 21.1. The molecule has 5 nitrogen and oxygen atoms in total. The Morgan fingerprint density at radius 3 is 2.44 bits per heavy atom. The second kappa shape index (κ2) is 7.05. The minimum atomic E-state index is -0.511. The molecule has 0 unspecified atom stereocenters. The van der Waals surface area contributed by atoms with Gasteiger partial charge in [0.15, 0.2) is 5.82 Å². The van der Waals surface area contributed by atoms with Crippen LogP contribution in [0.15, 0.2) is 72.8 Å². The lowest BCUT2D eigenvalue weighted by molar-refractivity contribution is 0.100. The third kappa shape index (κ3) is 3.45. The summed E-state index contributed by atoms with van der Waals surface area (Å²) in [6.07, 6.45) is 0. The minimum absolute atomic E-state index is 0.388. The van der Waals surface area contributed by atoms with Gasteiger partial charge < -0.3 is 11.1 Å². The lowest BCUT2D eigenvalue weighted by Crippen LogP contribution is -2.13. The largest absolute Gasteiger partial charge is 0.366 e. The Balaban J connectivity index is 1.90. The van der Waals surface area contributed by atoms with E-state index in [1.165, 1.54) is 0 Å². The van der Waals surface area contributed by atoms with Crippen LogP contribution in [-0.2, 0) is 0 Å². The number of nitrogens with zero attached hydrogens (tertiary/aromatic N) is 2. The average Bonchev–Trinajstić information content (AvgIpc) is 2.68. The Kier molecular flexibility index (Phi) is 4.44. The highest BCUT2D eigenvalue weighted by atomic mass is 35.5. The number of fused-ring (bicyclic) bond motifs is 1. The van der Waals surface area contributed by atoms with E-state index in [0.717, 1.165) is 10.9 Å². The van der Waals surface area contributed by atoms with Crippen LogP contribution in [0.3, 0.4) is 0 Å². The number of anilines is 2. The Hall–Kier alpha value is -3.44. The van der Waals surface area contributed by atoms with E-state index in [1.54, 1.807) is 30.3 Å². The monoisotopic (exact) mass is 374 g/mol. The lowest BCUT2D eigenvalue weighted by atomic mass is 10.1. The van der Waals surface area contributed by atoms with Gasteiger partial charge in [0.2, 0.25) is 0 Å². The van der Waals surface area contributed by atoms with Gasteiger partial charge in [-0.25, -0.2) is 9.97 Å². The van der Waals surface area contributed by atoms with E-state index in [-0.39, 0.29) is 0 Å². The van der Waals surface area contributed by atoms with Crippen LogP contribution in [0, 0.1) is 0 Å². The number of amides is 1. The lowest BCUT2D eigenvalue weighted by Gasteiger charge is -2.13. The molecule has 3 aromatic carbocycles. The van der Waals surface area contributed by atoms with Gasteiger partial charge in [0.05, 0.1) is 16.8 Å². The van der Waals surface area contributed by atoms with Crippen molar-refractivity contribution in [2.75, 3.05) is 5.32 Å². The Morgan fingerprint density at radius 1 is 0.926 bits per heavy atom. The molecule has 0 fully saturated rings. The van der Waals surface area contributed by atoms with Crippen LogP contribution < -0.4 is 11.1 Å². The molecule has 1 amide bonds. The number of benzene rings is 3. The fourth-order valence-electron chi connectivity index (χ4n) is 2.85. The van der Waals surface area contributed by atoms with Gasteiger partial charge in [-0.05, 0) is 30.3 Å². The highest BCUT2D eigenvalue weighted by Gasteiger charge is 2.13. The number of primary amides is 1. The zero-order chi connectivity index (χ0) is 18.8. The SMILES string of the molecule is NC(=O)c1ccccc1Nc1nc(-c2ccccc2)nc2cc(Cl)ccc12. The number of hydrogen-bond acceptors (Lipinski definition) is 4. The van der Waals surface area contributed by atoms with E-state index in [2.05, 4.69) is 15.3 Å². The van der Waals surface area contributed by atoms with E-state index in [4.69, 9.17) is 17.3 Å². The van der Waals surface area contributed by atoms with Gasteiger partial charge in [-0.3, -0.25) is 4.79 Å². The second-order valence-electron chi connectivity index (χ2n) is 5.96. The van der Waals surface area contributed by atoms with Crippen molar-refractivity contribution in [3.63, 3.8) is 0 Å². The first kappa shape index (κ1) is 17.0. The maximum atomic E-state index is 11.7. The van der Waals surface area contributed by atoms with E-state index >= 15 is 0 Å². The molecule has 1 aromatic heterocycles. The molecule has 0 atom stereocenters. The van der Waals surface area contributed by atoms with Crippen LogP contribution in [0.1, 0.15) is 10.4 Å². The third-order valence-electron chi connectivity index (χ3n) is 4.14. The molecular weight excluding hydrogens is 360 g/mol. The molecule has 6 heteroatoms. The van der Waals surface area contributed by atoms with E-state index in [1.807, 2.05) is 42.5 Å². The highest BCUT2D eigenvalue weighted by molar-refractivity contribution is 6.31. The summed E-state index contributed by atoms with van der Waals surface area (Å²) in [6, 6.07) is 22.1. The van der Waals surface area contributed by atoms with Crippen LogP contribution in [0.4, 0.5) is 11.5 Å². The number of halogens is 1. The van der Waals surface area contributed by atoms with Crippen molar-refractivity contribution in [3.8, 4) is 11.4 Å². The first-order valence-corrected chi connectivity index (χ1v) is 8.68. The van der Waals surface area contributed by atoms with Gasteiger partial charge in [-0.1, -0.05) is 54.1 Å². The van der Waals surface area contributed by atoms with Crippen molar-refractivity contribution in [1.82, 2.24) is 9.97 Å². The Morgan fingerprint density at radius 2 is 1.67 bits per heavy atom. The molecule has 0 bridgehead atoms. The fourth-order valence-corrected chi connectivity index (χ4v) is 3.02. The number of carbonyl (C=O) groups is 1. The predicted molar refractivity (Wildman–Crippen MR) is 108 cm³/mol. The molecule has 0 spiro atoms. The summed E-state index contributed by atoms with van der Waals surface area (Å²) in [7, 11) is 0. The molecule has 132 valence electrons. The molecule has 3 N–H and O–H groups in total. The van der Waals surface area contributed by atoms with Gasteiger partial charge in [0.25, 0.3) is 5.91 Å². The second-order valence-corrected chi connectivity index (χ2v) is 6.39. The first-order valence-electron chi connectivity index (χ1n) is 8.30. The zero-order valence-electron chi connectivity index (χ0n) is 14.2. The normalized spacial score (nSPS) is 10.7. The summed E-state index contributed by atoms with van der Waals surface area (Å²) in [6.45, 7) is 0. The number of carbonyl (C=O) groups excluding carboxylic acids is 1. The van der Waals surface area contributed by atoms with Crippen molar-refractivity contribution in [2.24, 2.45) is 5.73 Å². The Labute approximate surface area is 160 Å². The number of hydrogen-bond donors (Lipinski definition) is 2. The van der Waals surface area contributed by atoms with Crippen LogP contribution in [0.5, 0.6) is 0 Å². The molecular formula is C21H15ClN4O. The molecule has 0 radical (unpaired) electrons. The molecule has 1 heterocycles. The van der Waals surface area contributed by atoms with Gasteiger partial charge in [0.1, 0.15) is 5.82 Å². The molecule has 4 rings (SSSR count). The third-order valence-corrected chi connectivity index (χ3v) is 4.37. The molecule has 0 saturated carbocycles. The van der Waals surface area contributed by atoms with Gasteiger partial charge in [-0.2, -0.15) is 0 Å². The quantitative estimate of drug-likeness (QED) is 0.538. The standard InChI is InChI=1S/C21H15ClN4O/c22-14-10-11-16-18(12-14)25-20(13-6-2-1-3-7-13)26-21(16)24-17-9-5-4-8-15(17)19(23)27/h1-12H,(H2,23,27)(H,24,25,26). The van der Waals surface area contributed by atoms with E-state index in [9.17, 15) is 4.79 Å². The molecule has 0 aliphatic rings. The molecule has 0 aliphatic carbocycles. The summed E-state index contributed by atoms with van der Waals surface area (Å²) >= 11 is 6.15. The van der Waals surface area contributed by atoms with E-state index < -0.39 is 5.91 Å². The first-order chi connectivity index (χ1) is 13.1. The number of nitrogens with one attached hydrogen (secondary N) is 1. The maximum absolute atomic E-state index is 11.7. The Bertz CT molecular complexity index is 1150. The van der Waals surface area contributed by atoms with Gasteiger partial charge in [0, 0.05) is 16.0 Å². The highest BCUT2D eigenvalue weighted by Crippen LogP contribution is 2.30. The van der Waals surface area contributed by atoms with Crippen molar-refractivity contribution in [3.05, 3.63) is 83.4 Å². The van der Waals surface area contributed by atoms with Crippen molar-refractivity contribution in [2.45, 2.75) is 0 Å². The molecule has 0 saturated heterocycles. The minimum Gasteiger partial charge on any atom is -0.366 e. The molecule has 4 aromatic rings. The van der Waals surface area contributed by atoms with Crippen LogP contribution >= 0.6 is 11.6 Å². The fraction of sp³-hybridized carbons (Fsp3) is 0. The van der Waals surface area contributed by atoms with Crippen LogP contribution in [-0.4, -0.2) is 15.9 Å². The smallest absolute Gasteiger partial charge is 0.250 e. The van der Waals surface area contributed by atoms with Crippen molar-refractivity contribution < 1.29 is 4.79 Å². The average molecular weight is 375 g/mol. The summed E-state index contributed by atoms with van der Waals surface area (Å²) < 4.78 is 0. The molecule has 27 heavy (non-hydrogen) atoms. The van der Waals surface area contributed by atoms with Gasteiger partial charge >= 0.3 is 0 Å². The summed E-state index contributed by atoms with van der Waals surface area (Å²) in [5, 5.41) is 4.61. The maximum Gasteiger partial charge on any atom is 0.250 e. The van der Waals surface area contributed by atoms with Crippen molar-refractivity contribution >= 4 is 39.9 Å². The number of nitrogens with two attached hydrogens (primary N) is 1. The summed E-state index contributed by atoms with van der Waals surface area (Å²) in [5.74, 6) is 0.622. The van der Waals surface area contributed by atoms with E-state index in [0.29, 0.717) is 33.4 Å². The van der Waals surface area contributed by atoms with Crippen LogP contribution in [0.25, 0.3) is 22.3 Å². The topological polar surface area (TPSA) is 80.9 Å². The number of rotatable bonds is 4. The summed E-state index contributed by atoms with van der Waals surface area (Å²) in [5.41, 5.74) is 8.05. The van der Waals surface area contributed by atoms with Crippen LogP contribution in [0.2, 0.25) is 5.02 Å². The van der Waals surface area contributed by atoms with Crippen molar-refractivity contribution in [1.29, 1.82) is 0 Å².